The summed E-state index contributed by atoms with van der Waals surface area (Å²) in [5, 5.41) is 7.22. The number of nitrogens with zero attached hydrogens (tertiary/aromatic N) is 1. The Bertz CT molecular complexity index is 2880. The molecule has 0 N–H and O–H groups in total. The summed E-state index contributed by atoms with van der Waals surface area (Å²) in [4.78, 5) is 2.35. The molecule has 52 heavy (non-hydrogen) atoms. The zero-order chi connectivity index (χ0) is 34.4. The molecule has 244 valence electrons. The first-order valence-corrected chi connectivity index (χ1v) is 17.8. The van der Waals surface area contributed by atoms with Crippen molar-refractivity contribution in [3.63, 3.8) is 0 Å². The Labute approximate surface area is 302 Å². The molecule has 0 aliphatic heterocycles. The quantitative estimate of drug-likeness (QED) is 0.176. The smallest absolute Gasteiger partial charge is 0.143 e. The van der Waals surface area contributed by atoms with Crippen LogP contribution in [-0.4, -0.2) is 0 Å². The third-order valence-corrected chi connectivity index (χ3v) is 10.2. The van der Waals surface area contributed by atoms with Crippen LogP contribution in [0.1, 0.15) is 0 Å². The van der Waals surface area contributed by atoms with Gasteiger partial charge in [0.25, 0.3) is 0 Å². The molecule has 0 atom stereocenters. The molecule has 0 saturated carbocycles. The highest BCUT2D eigenvalue weighted by atomic mass is 16.3. The van der Waals surface area contributed by atoms with Crippen molar-refractivity contribution in [2.24, 2.45) is 0 Å². The summed E-state index contributed by atoms with van der Waals surface area (Å²) in [6.45, 7) is 0. The lowest BCUT2D eigenvalue weighted by Gasteiger charge is -2.26. The van der Waals surface area contributed by atoms with Gasteiger partial charge in [-0.2, -0.15) is 0 Å². The molecule has 0 aliphatic carbocycles. The molecule has 0 radical (unpaired) electrons. The highest BCUT2D eigenvalue weighted by Gasteiger charge is 2.18. The summed E-state index contributed by atoms with van der Waals surface area (Å²) in [5.41, 5.74) is 12.1. The highest BCUT2D eigenvalue weighted by molar-refractivity contribution is 6.22. The van der Waals surface area contributed by atoms with E-state index in [1.165, 1.54) is 49.2 Å². The van der Waals surface area contributed by atoms with Crippen molar-refractivity contribution in [1.82, 2.24) is 0 Å². The van der Waals surface area contributed by atoms with Crippen LogP contribution in [0.25, 0.3) is 76.9 Å². The Morgan fingerprint density at radius 3 is 1.67 bits per heavy atom. The van der Waals surface area contributed by atoms with Gasteiger partial charge >= 0.3 is 0 Å². The Kier molecular flexibility index (Phi) is 7.18. The lowest BCUT2D eigenvalue weighted by molar-refractivity contribution is 0.670. The van der Waals surface area contributed by atoms with Crippen LogP contribution in [0.2, 0.25) is 0 Å². The zero-order valence-corrected chi connectivity index (χ0v) is 28.4. The molecule has 0 bridgehead atoms. The number of hydrogen-bond donors (Lipinski definition) is 0. The van der Waals surface area contributed by atoms with E-state index < -0.39 is 0 Å². The molecule has 0 unspecified atom stereocenters. The molecule has 1 heterocycles. The van der Waals surface area contributed by atoms with Crippen LogP contribution in [0.4, 0.5) is 17.1 Å². The topological polar surface area (TPSA) is 16.4 Å². The van der Waals surface area contributed by atoms with Crippen molar-refractivity contribution in [3.05, 3.63) is 200 Å². The van der Waals surface area contributed by atoms with Crippen LogP contribution in [0.15, 0.2) is 205 Å². The van der Waals surface area contributed by atoms with Gasteiger partial charge in [-0.05, 0) is 97.9 Å². The van der Waals surface area contributed by atoms with Crippen molar-refractivity contribution in [2.45, 2.75) is 0 Å². The van der Waals surface area contributed by atoms with Gasteiger partial charge in [0, 0.05) is 33.4 Å². The molecule has 2 heteroatoms. The fourth-order valence-corrected chi connectivity index (χ4v) is 7.75. The molecule has 0 amide bonds. The van der Waals surface area contributed by atoms with Crippen molar-refractivity contribution in [3.8, 4) is 33.4 Å². The van der Waals surface area contributed by atoms with Crippen molar-refractivity contribution in [2.75, 3.05) is 4.90 Å². The summed E-state index contributed by atoms with van der Waals surface area (Å²) >= 11 is 0. The van der Waals surface area contributed by atoms with Crippen LogP contribution < -0.4 is 4.90 Å². The maximum Gasteiger partial charge on any atom is 0.143 e. The van der Waals surface area contributed by atoms with Gasteiger partial charge < -0.3 is 9.32 Å². The number of hydrogen-bond acceptors (Lipinski definition) is 2. The molecule has 0 saturated heterocycles. The average molecular weight is 664 g/mol. The Morgan fingerprint density at radius 2 is 0.904 bits per heavy atom. The summed E-state index contributed by atoms with van der Waals surface area (Å²) in [6.07, 6.45) is 0. The second kappa shape index (κ2) is 12.5. The van der Waals surface area contributed by atoms with E-state index in [4.69, 9.17) is 4.42 Å². The van der Waals surface area contributed by atoms with Crippen LogP contribution in [0.5, 0.6) is 0 Å². The summed E-state index contributed by atoms with van der Waals surface area (Å²) in [5.74, 6) is 0. The first kappa shape index (κ1) is 30.0. The first-order valence-electron chi connectivity index (χ1n) is 17.8. The number of para-hydroxylation sites is 1. The SMILES string of the molecule is c1ccc(-c2cccc(N(c3ccc(-c4cccc5ccccc45)cc3)c3ccc(-c4cc5ccccc5c5c4oc4ccccc45)cc3)c2)cc1. The zero-order valence-electron chi connectivity index (χ0n) is 28.4. The first-order chi connectivity index (χ1) is 25.8. The van der Waals surface area contributed by atoms with E-state index in [1.807, 2.05) is 6.07 Å². The van der Waals surface area contributed by atoms with Gasteiger partial charge in [-0.1, -0.05) is 152 Å². The van der Waals surface area contributed by atoms with Gasteiger partial charge in [0.15, 0.2) is 0 Å². The monoisotopic (exact) mass is 663 g/mol. The number of furan rings is 1. The Morgan fingerprint density at radius 1 is 0.327 bits per heavy atom. The minimum absolute atomic E-state index is 0.906. The normalized spacial score (nSPS) is 11.5. The maximum atomic E-state index is 6.58. The standard InChI is InChI=1S/C50H33NO/c1-2-12-34(13-3-1)38-17-10-18-42(32-38)51(40-28-24-36(25-29-40)44-22-11-16-35-14-4-6-19-43(35)44)41-30-26-37(27-31-41)47-33-39-15-5-7-20-45(39)49-46-21-8-9-23-48(46)52-50(47)49/h1-33H. The Balaban J connectivity index is 1.10. The van der Waals surface area contributed by atoms with E-state index in [2.05, 4.69) is 199 Å². The van der Waals surface area contributed by atoms with Crippen molar-refractivity contribution < 1.29 is 4.42 Å². The van der Waals surface area contributed by atoms with Crippen molar-refractivity contribution in [1.29, 1.82) is 0 Å². The predicted octanol–water partition coefficient (Wildman–Crippen LogP) is 14.4. The lowest BCUT2D eigenvalue weighted by atomic mass is 9.96. The molecule has 2 nitrogen and oxygen atoms in total. The maximum absolute atomic E-state index is 6.58. The minimum atomic E-state index is 0.906. The molecular weight excluding hydrogens is 631 g/mol. The fourth-order valence-electron chi connectivity index (χ4n) is 7.75. The minimum Gasteiger partial charge on any atom is -0.455 e. The van der Waals surface area contributed by atoms with Gasteiger partial charge in [0.2, 0.25) is 0 Å². The van der Waals surface area contributed by atoms with E-state index >= 15 is 0 Å². The van der Waals surface area contributed by atoms with Crippen LogP contribution in [0.3, 0.4) is 0 Å². The van der Waals surface area contributed by atoms with Crippen LogP contribution in [-0.2, 0) is 0 Å². The Hall–Kier alpha value is -6.90. The average Bonchev–Trinajstić information content (AvgIpc) is 3.62. The molecule has 0 spiro atoms. The van der Waals surface area contributed by atoms with Crippen molar-refractivity contribution >= 4 is 60.5 Å². The van der Waals surface area contributed by atoms with E-state index in [1.54, 1.807) is 0 Å². The second-order valence-electron chi connectivity index (χ2n) is 13.3. The predicted molar refractivity (Wildman–Crippen MR) is 220 cm³/mol. The number of fused-ring (bicyclic) bond motifs is 6. The molecule has 9 aromatic carbocycles. The summed E-state index contributed by atoms with van der Waals surface area (Å²) in [6, 6.07) is 71.6. The molecule has 0 fully saturated rings. The van der Waals surface area contributed by atoms with E-state index in [0.717, 1.165) is 44.7 Å². The number of anilines is 3. The van der Waals surface area contributed by atoms with Gasteiger partial charge in [0.05, 0.1) is 0 Å². The van der Waals surface area contributed by atoms with Gasteiger partial charge in [-0.3, -0.25) is 0 Å². The number of rotatable bonds is 6. The van der Waals surface area contributed by atoms with Crippen LogP contribution in [0, 0.1) is 0 Å². The van der Waals surface area contributed by atoms with Crippen LogP contribution >= 0.6 is 0 Å². The van der Waals surface area contributed by atoms with E-state index in [-0.39, 0.29) is 0 Å². The van der Waals surface area contributed by atoms with Gasteiger partial charge in [-0.15, -0.1) is 0 Å². The fraction of sp³-hybridized carbons (Fsp3) is 0. The lowest BCUT2D eigenvalue weighted by Crippen LogP contribution is -2.10. The van der Waals surface area contributed by atoms with E-state index in [0.29, 0.717) is 0 Å². The molecule has 1 aromatic heterocycles. The molecule has 10 aromatic rings. The van der Waals surface area contributed by atoms with Gasteiger partial charge in [0.1, 0.15) is 11.2 Å². The highest BCUT2D eigenvalue weighted by Crippen LogP contribution is 2.43. The largest absolute Gasteiger partial charge is 0.455 e. The second-order valence-corrected chi connectivity index (χ2v) is 13.3. The summed E-state index contributed by atoms with van der Waals surface area (Å²) in [7, 11) is 0. The molecule has 10 rings (SSSR count). The summed E-state index contributed by atoms with van der Waals surface area (Å²) < 4.78 is 6.58. The third-order valence-electron chi connectivity index (χ3n) is 10.2. The van der Waals surface area contributed by atoms with E-state index in [9.17, 15) is 0 Å². The third kappa shape index (κ3) is 5.12. The number of benzene rings is 9. The molecule has 0 aliphatic rings. The van der Waals surface area contributed by atoms with Gasteiger partial charge in [-0.25, -0.2) is 0 Å². The molecular formula is C50H33NO.